The van der Waals surface area contributed by atoms with Crippen molar-refractivity contribution >= 4 is 33.9 Å². The SMILES string of the molecule is C=C(/C(=C\C)CC)c1cccc2c(N)nc(Cl)nc12. The van der Waals surface area contributed by atoms with E-state index < -0.39 is 0 Å². The maximum atomic E-state index is 5.90. The van der Waals surface area contributed by atoms with E-state index in [9.17, 15) is 0 Å². The standard InChI is InChI=1S/C15H16ClN3/c1-4-10(5-2)9(3)11-7-6-8-12-13(11)18-15(16)19-14(12)17/h4,6-8H,3,5H2,1-2H3,(H2,17,18,19)/b10-4-. The average Bonchev–Trinajstić information content (AvgIpc) is 2.39. The van der Waals surface area contributed by atoms with Gasteiger partial charge in [-0.3, -0.25) is 0 Å². The molecule has 0 fully saturated rings. The van der Waals surface area contributed by atoms with Gasteiger partial charge < -0.3 is 5.73 Å². The lowest BCUT2D eigenvalue weighted by Gasteiger charge is -2.12. The summed E-state index contributed by atoms with van der Waals surface area (Å²) < 4.78 is 0. The zero-order chi connectivity index (χ0) is 14.0. The molecular formula is C15H16ClN3. The number of hydrogen-bond acceptors (Lipinski definition) is 3. The average molecular weight is 274 g/mol. The number of para-hydroxylation sites is 1. The highest BCUT2D eigenvalue weighted by Crippen LogP contribution is 2.31. The molecule has 98 valence electrons. The van der Waals surface area contributed by atoms with Gasteiger partial charge in [0.2, 0.25) is 5.28 Å². The summed E-state index contributed by atoms with van der Waals surface area (Å²) in [7, 11) is 0. The van der Waals surface area contributed by atoms with Crippen LogP contribution in [0.25, 0.3) is 16.5 Å². The molecule has 0 bridgehead atoms. The lowest BCUT2D eigenvalue weighted by Crippen LogP contribution is -1.98. The van der Waals surface area contributed by atoms with Crippen LogP contribution in [0.15, 0.2) is 36.4 Å². The fourth-order valence-corrected chi connectivity index (χ4v) is 2.33. The molecule has 0 amide bonds. The van der Waals surface area contributed by atoms with Crippen LogP contribution in [0.1, 0.15) is 25.8 Å². The Morgan fingerprint density at radius 1 is 1.42 bits per heavy atom. The maximum Gasteiger partial charge on any atom is 0.224 e. The van der Waals surface area contributed by atoms with E-state index in [0.29, 0.717) is 5.82 Å². The van der Waals surface area contributed by atoms with Gasteiger partial charge in [0.1, 0.15) is 5.82 Å². The number of nitrogens with zero attached hydrogens (tertiary/aromatic N) is 2. The van der Waals surface area contributed by atoms with Crippen LogP contribution in [-0.2, 0) is 0 Å². The molecule has 1 aromatic carbocycles. The summed E-state index contributed by atoms with van der Waals surface area (Å²) in [5.41, 5.74) is 9.71. The van der Waals surface area contributed by atoms with Crippen molar-refractivity contribution < 1.29 is 0 Å². The number of aromatic nitrogens is 2. The zero-order valence-electron chi connectivity index (χ0n) is 11.1. The van der Waals surface area contributed by atoms with Crippen LogP contribution in [0.5, 0.6) is 0 Å². The van der Waals surface area contributed by atoms with Gasteiger partial charge in [-0.15, -0.1) is 0 Å². The van der Waals surface area contributed by atoms with E-state index in [1.54, 1.807) is 0 Å². The quantitative estimate of drug-likeness (QED) is 0.672. The Kier molecular flexibility index (Phi) is 3.86. The lowest BCUT2D eigenvalue weighted by atomic mass is 9.95. The minimum Gasteiger partial charge on any atom is -0.383 e. The number of anilines is 1. The Hall–Kier alpha value is -1.87. The van der Waals surface area contributed by atoms with Crippen molar-refractivity contribution in [2.24, 2.45) is 0 Å². The van der Waals surface area contributed by atoms with Gasteiger partial charge in [-0.1, -0.05) is 31.7 Å². The Bertz CT molecular complexity index is 674. The lowest BCUT2D eigenvalue weighted by molar-refractivity contribution is 1.15. The van der Waals surface area contributed by atoms with Crippen molar-refractivity contribution in [1.82, 2.24) is 9.97 Å². The minimum absolute atomic E-state index is 0.156. The highest BCUT2D eigenvalue weighted by Gasteiger charge is 2.11. The summed E-state index contributed by atoms with van der Waals surface area (Å²) in [5, 5.41) is 0.957. The summed E-state index contributed by atoms with van der Waals surface area (Å²) >= 11 is 5.90. The van der Waals surface area contributed by atoms with E-state index >= 15 is 0 Å². The van der Waals surface area contributed by atoms with Gasteiger partial charge in [-0.2, -0.15) is 0 Å². The largest absolute Gasteiger partial charge is 0.383 e. The predicted molar refractivity (Wildman–Crippen MR) is 82.0 cm³/mol. The first kappa shape index (κ1) is 13.6. The maximum absolute atomic E-state index is 5.90. The van der Waals surface area contributed by atoms with Crippen LogP contribution in [0.2, 0.25) is 5.28 Å². The molecule has 0 aliphatic heterocycles. The van der Waals surface area contributed by atoms with Crippen molar-refractivity contribution in [3.63, 3.8) is 0 Å². The molecule has 0 atom stereocenters. The minimum atomic E-state index is 0.156. The third kappa shape index (κ3) is 2.47. The van der Waals surface area contributed by atoms with Gasteiger partial charge in [0, 0.05) is 10.9 Å². The number of nitrogens with two attached hydrogens (primary N) is 1. The molecule has 0 saturated carbocycles. The van der Waals surface area contributed by atoms with E-state index in [0.717, 1.165) is 28.5 Å². The van der Waals surface area contributed by atoms with Crippen molar-refractivity contribution in [3.05, 3.63) is 47.3 Å². The fourth-order valence-electron chi connectivity index (χ4n) is 2.16. The molecule has 0 aliphatic carbocycles. The third-order valence-corrected chi connectivity index (χ3v) is 3.34. The zero-order valence-corrected chi connectivity index (χ0v) is 11.8. The normalized spacial score (nSPS) is 11.8. The molecule has 0 radical (unpaired) electrons. The van der Waals surface area contributed by atoms with Gasteiger partial charge in [-0.25, -0.2) is 9.97 Å². The summed E-state index contributed by atoms with van der Waals surface area (Å²) in [5.74, 6) is 0.392. The Balaban J connectivity index is 2.71. The molecule has 19 heavy (non-hydrogen) atoms. The first-order valence-electron chi connectivity index (χ1n) is 6.15. The molecule has 3 nitrogen and oxygen atoms in total. The van der Waals surface area contributed by atoms with Crippen molar-refractivity contribution in [2.45, 2.75) is 20.3 Å². The molecule has 1 heterocycles. The van der Waals surface area contributed by atoms with Gasteiger partial charge in [0.25, 0.3) is 0 Å². The highest BCUT2D eigenvalue weighted by atomic mass is 35.5. The third-order valence-electron chi connectivity index (χ3n) is 3.17. The highest BCUT2D eigenvalue weighted by molar-refractivity contribution is 6.29. The molecular weight excluding hydrogens is 258 g/mol. The van der Waals surface area contributed by atoms with Gasteiger partial charge in [-0.05, 0) is 42.2 Å². The van der Waals surface area contributed by atoms with Crippen molar-refractivity contribution in [1.29, 1.82) is 0 Å². The molecule has 0 aliphatic rings. The molecule has 1 aromatic heterocycles. The molecule has 0 spiro atoms. The number of hydrogen-bond donors (Lipinski definition) is 1. The van der Waals surface area contributed by atoms with Gasteiger partial charge >= 0.3 is 0 Å². The summed E-state index contributed by atoms with van der Waals surface area (Å²) in [4.78, 5) is 8.27. The number of allylic oxidation sites excluding steroid dienone is 3. The van der Waals surface area contributed by atoms with E-state index in [2.05, 4.69) is 29.5 Å². The Morgan fingerprint density at radius 2 is 2.16 bits per heavy atom. The summed E-state index contributed by atoms with van der Waals surface area (Å²) in [6, 6.07) is 5.80. The van der Waals surface area contributed by atoms with Crippen molar-refractivity contribution in [3.8, 4) is 0 Å². The Morgan fingerprint density at radius 3 is 2.79 bits per heavy atom. The number of halogens is 1. The van der Waals surface area contributed by atoms with Gasteiger partial charge in [0.15, 0.2) is 0 Å². The molecule has 2 N–H and O–H groups in total. The molecule has 4 heteroatoms. The second-order valence-corrected chi connectivity index (χ2v) is 4.56. The van der Waals surface area contributed by atoms with Crippen LogP contribution in [-0.4, -0.2) is 9.97 Å². The van der Waals surface area contributed by atoms with E-state index in [1.165, 1.54) is 5.57 Å². The Labute approximate surface area is 117 Å². The topological polar surface area (TPSA) is 51.8 Å². The monoisotopic (exact) mass is 273 g/mol. The van der Waals surface area contributed by atoms with E-state index in [-0.39, 0.29) is 5.28 Å². The van der Waals surface area contributed by atoms with E-state index in [4.69, 9.17) is 17.3 Å². The molecule has 2 rings (SSSR count). The molecule has 0 saturated heterocycles. The number of rotatable bonds is 3. The number of benzene rings is 1. The first-order valence-corrected chi connectivity index (χ1v) is 6.52. The van der Waals surface area contributed by atoms with Crippen LogP contribution in [0, 0.1) is 0 Å². The van der Waals surface area contributed by atoms with Crippen LogP contribution >= 0.6 is 11.6 Å². The van der Waals surface area contributed by atoms with E-state index in [1.807, 2.05) is 25.1 Å². The second kappa shape index (κ2) is 5.41. The van der Waals surface area contributed by atoms with Gasteiger partial charge in [0.05, 0.1) is 5.52 Å². The fraction of sp³-hybridized carbons (Fsp3) is 0.200. The molecule has 0 unspecified atom stereocenters. The predicted octanol–water partition coefficient (Wildman–Crippen LogP) is 4.23. The number of nitrogen functional groups attached to an aromatic ring is 1. The van der Waals surface area contributed by atoms with Crippen LogP contribution in [0.3, 0.4) is 0 Å². The smallest absolute Gasteiger partial charge is 0.224 e. The second-order valence-electron chi connectivity index (χ2n) is 4.23. The number of fused-ring (bicyclic) bond motifs is 1. The summed E-state index contributed by atoms with van der Waals surface area (Å²) in [6.45, 7) is 8.27. The summed E-state index contributed by atoms with van der Waals surface area (Å²) in [6.07, 6.45) is 2.98. The van der Waals surface area contributed by atoms with Crippen LogP contribution < -0.4 is 5.73 Å². The van der Waals surface area contributed by atoms with Crippen molar-refractivity contribution in [2.75, 3.05) is 5.73 Å². The first-order chi connectivity index (χ1) is 9.08. The van der Waals surface area contributed by atoms with Crippen LogP contribution in [0.4, 0.5) is 5.82 Å². The molecule has 2 aromatic rings.